The molecule has 3 atom stereocenters. The highest BCUT2D eigenvalue weighted by atomic mass is 32.2. The number of carboxylic acids is 1. The molecule has 23 heavy (non-hydrogen) atoms. The Kier molecular flexibility index (Phi) is 5.78. The smallest absolute Gasteiger partial charge is 0.322 e. The molecule has 1 aliphatic rings. The van der Waals surface area contributed by atoms with Gasteiger partial charge in [-0.05, 0) is 30.2 Å². The molecule has 0 bridgehead atoms. The molecule has 2 unspecified atom stereocenters. The molecule has 2 rings (SSSR count). The zero-order valence-electron chi connectivity index (χ0n) is 13.5. The number of nitrogens with zero attached hydrogens (tertiary/aromatic N) is 1. The van der Waals surface area contributed by atoms with E-state index in [0.717, 1.165) is 12.0 Å². The van der Waals surface area contributed by atoms with Crippen molar-refractivity contribution in [2.24, 2.45) is 11.8 Å². The molecule has 0 amide bonds. The number of hydrogen-bond donors (Lipinski definition) is 2. The van der Waals surface area contributed by atoms with Crippen molar-refractivity contribution in [2.75, 3.05) is 13.1 Å². The Morgan fingerprint density at radius 2 is 1.83 bits per heavy atom. The second kappa shape index (κ2) is 7.42. The summed E-state index contributed by atoms with van der Waals surface area (Å²) >= 11 is 0. The van der Waals surface area contributed by atoms with Crippen LogP contribution in [0.3, 0.4) is 0 Å². The average molecular weight is 340 g/mol. The van der Waals surface area contributed by atoms with Crippen molar-refractivity contribution in [3.05, 3.63) is 35.9 Å². The fourth-order valence-corrected chi connectivity index (χ4v) is 4.68. The first-order chi connectivity index (χ1) is 10.8. The van der Waals surface area contributed by atoms with Crippen molar-refractivity contribution in [1.29, 1.82) is 0 Å². The maximum absolute atomic E-state index is 12.5. The molecule has 0 aromatic heterocycles. The van der Waals surface area contributed by atoms with Crippen molar-refractivity contribution >= 4 is 16.2 Å². The molecule has 1 saturated heterocycles. The summed E-state index contributed by atoms with van der Waals surface area (Å²) in [6, 6.07) is 7.84. The van der Waals surface area contributed by atoms with Crippen molar-refractivity contribution in [3.63, 3.8) is 0 Å². The van der Waals surface area contributed by atoms with Crippen LogP contribution in [0.4, 0.5) is 0 Å². The van der Waals surface area contributed by atoms with Crippen LogP contribution in [-0.4, -0.2) is 42.9 Å². The predicted octanol–water partition coefficient (Wildman–Crippen LogP) is 1.49. The Hall–Kier alpha value is -1.44. The molecule has 1 aromatic rings. The summed E-state index contributed by atoms with van der Waals surface area (Å²) in [5.41, 5.74) is 0.781. The summed E-state index contributed by atoms with van der Waals surface area (Å²) in [6.07, 6.45) is 1.10. The number of benzene rings is 1. The topological polar surface area (TPSA) is 86.7 Å². The SMILES string of the molecule is CC1CC(C)CN(S(=O)(=O)N[C@H](Cc2ccccc2)C(=O)O)C1. The third kappa shape index (κ3) is 5.02. The monoisotopic (exact) mass is 340 g/mol. The minimum atomic E-state index is -3.81. The van der Waals surface area contributed by atoms with Crippen molar-refractivity contribution < 1.29 is 18.3 Å². The number of hydrogen-bond acceptors (Lipinski definition) is 3. The van der Waals surface area contributed by atoms with E-state index < -0.39 is 22.2 Å². The van der Waals surface area contributed by atoms with Gasteiger partial charge in [-0.25, -0.2) is 0 Å². The van der Waals surface area contributed by atoms with E-state index in [9.17, 15) is 18.3 Å². The number of piperidine rings is 1. The minimum Gasteiger partial charge on any atom is -0.480 e. The van der Waals surface area contributed by atoms with Gasteiger partial charge in [0.05, 0.1) is 0 Å². The van der Waals surface area contributed by atoms with E-state index in [1.54, 1.807) is 24.3 Å². The highest BCUT2D eigenvalue weighted by molar-refractivity contribution is 7.87. The fourth-order valence-electron chi connectivity index (χ4n) is 3.09. The first kappa shape index (κ1) is 17.9. The molecule has 0 spiro atoms. The summed E-state index contributed by atoms with van der Waals surface area (Å²) in [5, 5.41) is 9.35. The van der Waals surface area contributed by atoms with E-state index in [1.807, 2.05) is 19.9 Å². The predicted molar refractivity (Wildman–Crippen MR) is 88.1 cm³/mol. The second-order valence-electron chi connectivity index (χ2n) is 6.47. The third-order valence-electron chi connectivity index (χ3n) is 4.05. The van der Waals surface area contributed by atoms with Crippen LogP contribution < -0.4 is 4.72 Å². The number of aliphatic carboxylic acids is 1. The lowest BCUT2D eigenvalue weighted by atomic mass is 9.94. The molecule has 0 saturated carbocycles. The van der Waals surface area contributed by atoms with E-state index >= 15 is 0 Å². The Morgan fingerprint density at radius 3 is 2.35 bits per heavy atom. The Labute approximate surface area is 137 Å². The van der Waals surface area contributed by atoms with Gasteiger partial charge in [-0.3, -0.25) is 4.79 Å². The van der Waals surface area contributed by atoms with Crippen LogP contribution >= 0.6 is 0 Å². The van der Waals surface area contributed by atoms with Crippen LogP contribution in [0.25, 0.3) is 0 Å². The molecule has 1 fully saturated rings. The maximum atomic E-state index is 12.5. The molecule has 1 aromatic carbocycles. The second-order valence-corrected chi connectivity index (χ2v) is 8.17. The quantitative estimate of drug-likeness (QED) is 0.821. The van der Waals surface area contributed by atoms with Gasteiger partial charge < -0.3 is 5.11 Å². The third-order valence-corrected chi connectivity index (χ3v) is 5.61. The lowest BCUT2D eigenvalue weighted by Gasteiger charge is -2.34. The number of nitrogens with one attached hydrogen (secondary N) is 1. The largest absolute Gasteiger partial charge is 0.480 e. The van der Waals surface area contributed by atoms with Crippen molar-refractivity contribution in [1.82, 2.24) is 9.03 Å². The maximum Gasteiger partial charge on any atom is 0.322 e. The minimum absolute atomic E-state index is 0.119. The Morgan fingerprint density at radius 1 is 1.26 bits per heavy atom. The van der Waals surface area contributed by atoms with Crippen molar-refractivity contribution in [2.45, 2.75) is 32.7 Å². The summed E-state index contributed by atoms with van der Waals surface area (Å²) in [7, 11) is -3.81. The summed E-state index contributed by atoms with van der Waals surface area (Å²) in [6.45, 7) is 4.88. The summed E-state index contributed by atoms with van der Waals surface area (Å²) in [4.78, 5) is 11.4. The van der Waals surface area contributed by atoms with Gasteiger partial charge in [-0.2, -0.15) is 17.4 Å². The number of carbonyl (C=O) groups is 1. The van der Waals surface area contributed by atoms with Gasteiger partial charge in [0.2, 0.25) is 0 Å². The molecule has 0 radical (unpaired) electrons. The number of carboxylic acid groups (broad SMARTS) is 1. The highest BCUT2D eigenvalue weighted by Gasteiger charge is 2.33. The zero-order valence-corrected chi connectivity index (χ0v) is 14.3. The molecular formula is C16H24N2O4S. The van der Waals surface area contributed by atoms with E-state index in [2.05, 4.69) is 4.72 Å². The fraction of sp³-hybridized carbons (Fsp3) is 0.562. The van der Waals surface area contributed by atoms with Crippen LogP contribution in [0.5, 0.6) is 0 Å². The van der Waals surface area contributed by atoms with Crippen molar-refractivity contribution in [3.8, 4) is 0 Å². The summed E-state index contributed by atoms with van der Waals surface area (Å²) in [5.74, 6) is -0.629. The first-order valence-corrected chi connectivity index (χ1v) is 9.26. The molecule has 1 aliphatic heterocycles. The van der Waals surface area contributed by atoms with Crippen LogP contribution in [-0.2, 0) is 21.4 Å². The van der Waals surface area contributed by atoms with Gasteiger partial charge in [-0.1, -0.05) is 44.2 Å². The first-order valence-electron chi connectivity index (χ1n) is 7.82. The van der Waals surface area contributed by atoms with E-state index in [4.69, 9.17) is 0 Å². The Balaban J connectivity index is 2.10. The van der Waals surface area contributed by atoms with Crippen LogP contribution in [0, 0.1) is 11.8 Å². The van der Waals surface area contributed by atoms with E-state index in [-0.39, 0.29) is 18.3 Å². The molecule has 2 N–H and O–H groups in total. The standard InChI is InChI=1S/C16H24N2O4S/c1-12-8-13(2)11-18(10-12)23(21,22)17-15(16(19)20)9-14-6-4-3-5-7-14/h3-7,12-13,15,17H,8-11H2,1-2H3,(H,19,20)/t12?,13?,15-/m1/s1. The normalized spacial score (nSPS) is 24.3. The zero-order chi connectivity index (χ0) is 17.0. The van der Waals surface area contributed by atoms with Crippen LogP contribution in [0.1, 0.15) is 25.8 Å². The highest BCUT2D eigenvalue weighted by Crippen LogP contribution is 2.23. The van der Waals surface area contributed by atoms with E-state index in [1.165, 1.54) is 4.31 Å². The van der Waals surface area contributed by atoms with Gasteiger partial charge >= 0.3 is 5.97 Å². The molecule has 1 heterocycles. The van der Waals surface area contributed by atoms with Gasteiger partial charge in [-0.15, -0.1) is 0 Å². The number of rotatable bonds is 6. The molecule has 6 nitrogen and oxygen atoms in total. The van der Waals surface area contributed by atoms with Gasteiger partial charge in [0.25, 0.3) is 10.2 Å². The average Bonchev–Trinajstić information content (AvgIpc) is 2.46. The molecule has 7 heteroatoms. The lowest BCUT2D eigenvalue weighted by molar-refractivity contribution is -0.138. The van der Waals surface area contributed by atoms with Gasteiger partial charge in [0.15, 0.2) is 0 Å². The molecule has 128 valence electrons. The van der Waals surface area contributed by atoms with Crippen LogP contribution in [0.2, 0.25) is 0 Å². The summed E-state index contributed by atoms with van der Waals surface area (Å²) < 4.78 is 28.8. The van der Waals surface area contributed by atoms with Gasteiger partial charge in [0.1, 0.15) is 6.04 Å². The Bertz CT molecular complexity index is 623. The van der Waals surface area contributed by atoms with Gasteiger partial charge in [0, 0.05) is 13.1 Å². The van der Waals surface area contributed by atoms with E-state index in [0.29, 0.717) is 13.1 Å². The molecule has 0 aliphatic carbocycles. The van der Waals surface area contributed by atoms with Crippen LogP contribution in [0.15, 0.2) is 30.3 Å². The lowest BCUT2D eigenvalue weighted by Crippen LogP contribution is -2.52. The molecular weight excluding hydrogens is 316 g/mol.